The minimum atomic E-state index is -0.288. The predicted octanol–water partition coefficient (Wildman–Crippen LogP) is 3.58. The third-order valence-electron chi connectivity index (χ3n) is 5.75. The lowest BCUT2D eigenvalue weighted by atomic mass is 9.78. The third kappa shape index (κ3) is 3.48. The molecule has 0 saturated heterocycles. The lowest BCUT2D eigenvalue weighted by Gasteiger charge is -2.32. The maximum absolute atomic E-state index is 12.9. The molecule has 1 spiro atoms. The summed E-state index contributed by atoms with van der Waals surface area (Å²) in [4.78, 5) is 12.9. The van der Waals surface area contributed by atoms with E-state index in [0.717, 1.165) is 25.7 Å². The van der Waals surface area contributed by atoms with Gasteiger partial charge in [-0.2, -0.15) is 0 Å². The number of halogens is 1. The summed E-state index contributed by atoms with van der Waals surface area (Å²) in [5.41, 5.74) is 8.63. The topological polar surface area (TPSA) is 55.1 Å². The third-order valence-corrected chi connectivity index (χ3v) is 5.75. The van der Waals surface area contributed by atoms with Crippen molar-refractivity contribution in [3.05, 3.63) is 35.4 Å². The molecule has 2 aliphatic rings. The van der Waals surface area contributed by atoms with Crippen molar-refractivity contribution in [3.8, 4) is 0 Å². The predicted molar refractivity (Wildman–Crippen MR) is 101 cm³/mol. The largest absolute Gasteiger partial charge is 0.349 e. The minimum absolute atomic E-state index is 0. The van der Waals surface area contributed by atoms with Gasteiger partial charge in [-0.3, -0.25) is 4.79 Å². The number of hydrogen-bond acceptors (Lipinski definition) is 2. The van der Waals surface area contributed by atoms with E-state index in [1.165, 1.54) is 17.5 Å². The highest BCUT2D eigenvalue weighted by molar-refractivity contribution is 5.85. The lowest BCUT2D eigenvalue weighted by molar-refractivity contribution is -0.124. The van der Waals surface area contributed by atoms with Crippen molar-refractivity contribution in [3.63, 3.8) is 0 Å². The van der Waals surface area contributed by atoms with E-state index in [1.54, 1.807) is 0 Å². The molecule has 0 aliphatic heterocycles. The van der Waals surface area contributed by atoms with Crippen LogP contribution in [0.5, 0.6) is 0 Å². The quantitative estimate of drug-likeness (QED) is 0.852. The Bertz CT molecular complexity index is 603. The van der Waals surface area contributed by atoms with Crippen molar-refractivity contribution in [1.29, 1.82) is 0 Å². The molecule has 3 unspecified atom stereocenters. The molecule has 3 N–H and O–H groups in total. The van der Waals surface area contributed by atoms with Crippen molar-refractivity contribution in [2.75, 3.05) is 6.54 Å². The first-order valence-electron chi connectivity index (χ1n) is 9.01. The molecule has 0 aromatic heterocycles. The average molecular weight is 351 g/mol. The summed E-state index contributed by atoms with van der Waals surface area (Å²) in [5.74, 6) is 0.852. The summed E-state index contributed by atoms with van der Waals surface area (Å²) >= 11 is 0. The van der Waals surface area contributed by atoms with Gasteiger partial charge in [0.15, 0.2) is 0 Å². The molecule has 0 radical (unpaired) electrons. The van der Waals surface area contributed by atoms with Gasteiger partial charge in [-0.15, -0.1) is 12.4 Å². The van der Waals surface area contributed by atoms with Gasteiger partial charge in [0.2, 0.25) is 5.91 Å². The monoisotopic (exact) mass is 350 g/mol. The number of aryl methyl sites for hydroxylation is 1. The van der Waals surface area contributed by atoms with Crippen LogP contribution >= 0.6 is 12.4 Å². The standard InChI is InChI=1S/C20H30N2O.ClH/c1-14(2)11-19(3,13-21)22-18(23)17-12-20(17)10-6-8-15-7-4-5-9-16(15)20;/h4-5,7,9,14,17H,6,8,10-13,21H2,1-3H3,(H,22,23);1H. The van der Waals surface area contributed by atoms with Crippen molar-refractivity contribution < 1.29 is 4.79 Å². The number of hydrogen-bond donors (Lipinski definition) is 2. The number of benzene rings is 1. The number of carbonyl (C=O) groups excluding carboxylic acids is 1. The van der Waals surface area contributed by atoms with E-state index < -0.39 is 0 Å². The molecular weight excluding hydrogens is 320 g/mol. The molecule has 134 valence electrons. The van der Waals surface area contributed by atoms with Crippen LogP contribution < -0.4 is 11.1 Å². The Labute approximate surface area is 152 Å². The molecule has 24 heavy (non-hydrogen) atoms. The fourth-order valence-electron chi connectivity index (χ4n) is 4.65. The molecule has 2 aliphatic carbocycles. The minimum Gasteiger partial charge on any atom is -0.349 e. The highest BCUT2D eigenvalue weighted by Gasteiger charge is 2.60. The molecule has 1 aromatic carbocycles. The second-order valence-electron chi connectivity index (χ2n) is 8.28. The van der Waals surface area contributed by atoms with Gasteiger partial charge in [0.05, 0.1) is 0 Å². The number of amides is 1. The van der Waals surface area contributed by atoms with Gasteiger partial charge in [0.25, 0.3) is 0 Å². The van der Waals surface area contributed by atoms with E-state index in [9.17, 15) is 4.79 Å². The smallest absolute Gasteiger partial charge is 0.224 e. The normalized spacial score (nSPS) is 27.1. The van der Waals surface area contributed by atoms with Crippen LogP contribution in [-0.2, 0) is 16.6 Å². The molecule has 1 aromatic rings. The zero-order chi connectivity index (χ0) is 16.7. The molecule has 1 amide bonds. The van der Waals surface area contributed by atoms with Gasteiger partial charge >= 0.3 is 0 Å². The van der Waals surface area contributed by atoms with Crippen LogP contribution in [0.2, 0.25) is 0 Å². The molecule has 3 atom stereocenters. The first kappa shape index (κ1) is 19.3. The summed E-state index contributed by atoms with van der Waals surface area (Å²) in [5, 5.41) is 3.27. The van der Waals surface area contributed by atoms with Gasteiger partial charge < -0.3 is 11.1 Å². The van der Waals surface area contributed by atoms with Crippen LogP contribution in [-0.4, -0.2) is 18.0 Å². The molecule has 3 rings (SSSR count). The average Bonchev–Trinajstić information content (AvgIpc) is 3.22. The summed E-state index contributed by atoms with van der Waals surface area (Å²) in [6, 6.07) is 8.69. The molecule has 0 bridgehead atoms. The van der Waals surface area contributed by atoms with Crippen LogP contribution in [0.1, 0.15) is 57.6 Å². The number of rotatable bonds is 5. The van der Waals surface area contributed by atoms with Crippen molar-refractivity contribution in [2.24, 2.45) is 17.6 Å². The van der Waals surface area contributed by atoms with Crippen molar-refractivity contribution >= 4 is 18.3 Å². The van der Waals surface area contributed by atoms with Crippen LogP contribution in [0.3, 0.4) is 0 Å². The van der Waals surface area contributed by atoms with Crippen LogP contribution in [0.4, 0.5) is 0 Å². The van der Waals surface area contributed by atoms with Gasteiger partial charge in [-0.1, -0.05) is 38.1 Å². The van der Waals surface area contributed by atoms with Gasteiger partial charge in [0.1, 0.15) is 0 Å². The summed E-state index contributed by atoms with van der Waals surface area (Å²) in [6.45, 7) is 6.92. The maximum Gasteiger partial charge on any atom is 0.224 e. The van der Waals surface area contributed by atoms with Crippen LogP contribution in [0, 0.1) is 11.8 Å². The zero-order valence-electron chi connectivity index (χ0n) is 15.1. The van der Waals surface area contributed by atoms with E-state index in [-0.39, 0.29) is 35.2 Å². The van der Waals surface area contributed by atoms with Gasteiger partial charge in [-0.25, -0.2) is 0 Å². The zero-order valence-corrected chi connectivity index (χ0v) is 15.9. The fourth-order valence-corrected chi connectivity index (χ4v) is 4.65. The number of fused-ring (bicyclic) bond motifs is 2. The van der Waals surface area contributed by atoms with E-state index in [1.807, 2.05) is 0 Å². The van der Waals surface area contributed by atoms with Crippen molar-refractivity contribution in [2.45, 2.75) is 63.8 Å². The van der Waals surface area contributed by atoms with E-state index in [4.69, 9.17) is 5.73 Å². The molecule has 4 heteroatoms. The summed E-state index contributed by atoms with van der Waals surface area (Å²) in [7, 11) is 0. The van der Waals surface area contributed by atoms with Crippen molar-refractivity contribution in [1.82, 2.24) is 5.32 Å². The number of carbonyl (C=O) groups is 1. The summed E-state index contributed by atoms with van der Waals surface area (Å²) < 4.78 is 0. The summed E-state index contributed by atoms with van der Waals surface area (Å²) in [6.07, 6.45) is 5.41. The lowest BCUT2D eigenvalue weighted by Crippen LogP contribution is -2.53. The number of nitrogens with one attached hydrogen (secondary N) is 1. The van der Waals surface area contributed by atoms with E-state index in [0.29, 0.717) is 12.5 Å². The second-order valence-corrected chi connectivity index (χ2v) is 8.28. The highest BCUT2D eigenvalue weighted by Crippen LogP contribution is 2.60. The second kappa shape index (κ2) is 7.05. The van der Waals surface area contributed by atoms with Crippen LogP contribution in [0.15, 0.2) is 24.3 Å². The van der Waals surface area contributed by atoms with Gasteiger partial charge in [-0.05, 0) is 56.1 Å². The molecule has 0 heterocycles. The molecule has 3 nitrogen and oxygen atoms in total. The van der Waals surface area contributed by atoms with E-state index >= 15 is 0 Å². The Morgan fingerprint density at radius 2 is 2.12 bits per heavy atom. The Balaban J connectivity index is 0.00000208. The first-order valence-corrected chi connectivity index (χ1v) is 9.01. The molecule has 1 fully saturated rings. The van der Waals surface area contributed by atoms with Crippen LogP contribution in [0.25, 0.3) is 0 Å². The number of nitrogens with two attached hydrogens (primary N) is 1. The highest BCUT2D eigenvalue weighted by atomic mass is 35.5. The first-order chi connectivity index (χ1) is 10.9. The molecular formula is C20H31ClN2O. The van der Waals surface area contributed by atoms with Gasteiger partial charge in [0, 0.05) is 23.4 Å². The SMILES string of the molecule is CC(C)CC(C)(CN)NC(=O)C1CC12CCCc1ccccc12.Cl. The Morgan fingerprint density at radius 3 is 2.79 bits per heavy atom. The Morgan fingerprint density at radius 1 is 1.42 bits per heavy atom. The fraction of sp³-hybridized carbons (Fsp3) is 0.650. The Kier molecular flexibility index (Phi) is 5.66. The maximum atomic E-state index is 12.9. The Hall–Kier alpha value is -1.06. The molecule has 1 saturated carbocycles. The van der Waals surface area contributed by atoms with E-state index in [2.05, 4.69) is 50.4 Å².